The van der Waals surface area contributed by atoms with Crippen LogP contribution in [0.25, 0.3) is 16.2 Å². The summed E-state index contributed by atoms with van der Waals surface area (Å²) in [6.45, 7) is 0. The monoisotopic (exact) mass is 359 g/mol. The van der Waals surface area contributed by atoms with E-state index in [1.54, 1.807) is 0 Å². The molecule has 2 heterocycles. The number of para-hydroxylation sites is 1. The third kappa shape index (κ3) is 2.51. The maximum atomic E-state index is 2.44. The van der Waals surface area contributed by atoms with Crippen molar-refractivity contribution in [1.29, 1.82) is 0 Å². The number of nitrogens with zero attached hydrogens (tertiary/aromatic N) is 1. The molecule has 3 heteroatoms. The molecule has 1 nitrogen and oxygen atoms in total. The van der Waals surface area contributed by atoms with Gasteiger partial charge in [-0.3, -0.25) is 0 Å². The second-order valence-electron chi connectivity index (χ2n) is 6.19. The lowest BCUT2D eigenvalue weighted by Gasteiger charge is -2.26. The normalized spacial score (nSPS) is 13.1. The lowest BCUT2D eigenvalue weighted by Crippen LogP contribution is -2.11. The van der Waals surface area contributed by atoms with Gasteiger partial charge < -0.3 is 4.90 Å². The molecule has 0 unspecified atom stereocenters. The molecule has 1 aliphatic rings. The number of thiophene rings is 2. The Morgan fingerprint density at radius 1 is 0.800 bits per heavy atom. The molecule has 25 heavy (non-hydrogen) atoms. The zero-order valence-electron chi connectivity index (χ0n) is 13.7. The lowest BCUT2D eigenvalue weighted by molar-refractivity contribution is 0.991. The van der Waals surface area contributed by atoms with Gasteiger partial charge in [0, 0.05) is 31.4 Å². The predicted molar refractivity (Wildman–Crippen MR) is 112 cm³/mol. The van der Waals surface area contributed by atoms with E-state index in [1.165, 1.54) is 37.6 Å². The summed E-state index contributed by atoms with van der Waals surface area (Å²) in [5.74, 6) is 0. The Morgan fingerprint density at radius 2 is 1.60 bits per heavy atom. The summed E-state index contributed by atoms with van der Waals surface area (Å²) in [5, 5.41) is 5.93. The Labute approximate surface area is 155 Å². The van der Waals surface area contributed by atoms with Crippen molar-refractivity contribution in [1.82, 2.24) is 0 Å². The topological polar surface area (TPSA) is 3.24 Å². The molecule has 0 atom stereocenters. The number of hydrogen-bond donors (Lipinski definition) is 0. The van der Waals surface area contributed by atoms with Crippen LogP contribution >= 0.6 is 22.7 Å². The minimum Gasteiger partial charge on any atom is -0.308 e. The van der Waals surface area contributed by atoms with Crippen LogP contribution in [0.1, 0.15) is 16.9 Å². The summed E-state index contributed by atoms with van der Waals surface area (Å²) in [5.41, 5.74) is 5.31. The van der Waals surface area contributed by atoms with Crippen LogP contribution in [0.2, 0.25) is 0 Å². The van der Waals surface area contributed by atoms with E-state index >= 15 is 0 Å². The van der Waals surface area contributed by atoms with Crippen molar-refractivity contribution in [3.8, 4) is 0 Å². The van der Waals surface area contributed by atoms with E-state index < -0.39 is 0 Å². The van der Waals surface area contributed by atoms with E-state index in [9.17, 15) is 0 Å². The van der Waals surface area contributed by atoms with E-state index in [0.717, 1.165) is 12.8 Å². The summed E-state index contributed by atoms with van der Waals surface area (Å²) in [4.78, 5) is 3.84. The zero-order chi connectivity index (χ0) is 16.6. The number of benzene rings is 2. The molecule has 0 amide bonds. The Balaban J connectivity index is 1.76. The minimum atomic E-state index is 1.12. The third-order valence-corrected chi connectivity index (χ3v) is 6.62. The number of anilines is 3. The molecule has 2 aromatic heterocycles. The van der Waals surface area contributed by atoms with Crippen LogP contribution in [-0.2, 0) is 6.42 Å². The number of fused-ring (bicyclic) bond motifs is 2. The van der Waals surface area contributed by atoms with Gasteiger partial charge in [0.1, 0.15) is 0 Å². The van der Waals surface area contributed by atoms with E-state index in [4.69, 9.17) is 0 Å². The predicted octanol–water partition coefficient (Wildman–Crippen LogP) is 7.39. The first kappa shape index (κ1) is 14.9. The molecule has 0 N–H and O–H groups in total. The van der Waals surface area contributed by atoms with E-state index in [0.29, 0.717) is 0 Å². The van der Waals surface area contributed by atoms with Crippen molar-refractivity contribution in [2.75, 3.05) is 4.90 Å². The fourth-order valence-corrected chi connectivity index (χ4v) is 5.44. The molecule has 0 aliphatic heterocycles. The van der Waals surface area contributed by atoms with Crippen molar-refractivity contribution in [2.24, 2.45) is 0 Å². The first-order valence-electron chi connectivity index (χ1n) is 8.50. The van der Waals surface area contributed by atoms with Crippen molar-refractivity contribution in [3.05, 3.63) is 81.9 Å². The molecule has 0 saturated heterocycles. The highest BCUT2D eigenvalue weighted by molar-refractivity contribution is 7.17. The van der Waals surface area contributed by atoms with Gasteiger partial charge in [-0.1, -0.05) is 42.5 Å². The largest absolute Gasteiger partial charge is 0.308 e. The Kier molecular flexibility index (Phi) is 3.69. The van der Waals surface area contributed by atoms with E-state index in [-0.39, 0.29) is 0 Å². The molecule has 0 bridgehead atoms. The highest BCUT2D eigenvalue weighted by atomic mass is 32.1. The number of rotatable bonds is 3. The van der Waals surface area contributed by atoms with Crippen molar-refractivity contribution >= 4 is 55.9 Å². The summed E-state index contributed by atoms with van der Waals surface area (Å²) in [7, 11) is 0. The maximum absolute atomic E-state index is 2.44. The smallest absolute Gasteiger partial charge is 0.0647 e. The SMILES string of the molecule is C1=Cc2scc(N(c3ccccc3)c3csc4ccccc34)c2CC1. The van der Waals surface area contributed by atoms with Gasteiger partial charge in [-0.2, -0.15) is 0 Å². The molecule has 2 aromatic carbocycles. The highest BCUT2D eigenvalue weighted by Crippen LogP contribution is 2.46. The van der Waals surface area contributed by atoms with Crippen molar-refractivity contribution < 1.29 is 0 Å². The van der Waals surface area contributed by atoms with Gasteiger partial charge in [-0.15, -0.1) is 22.7 Å². The number of hydrogen-bond acceptors (Lipinski definition) is 3. The molecular weight excluding hydrogens is 342 g/mol. The number of allylic oxidation sites excluding steroid dienone is 1. The zero-order valence-corrected chi connectivity index (χ0v) is 15.3. The van der Waals surface area contributed by atoms with Crippen LogP contribution in [0.15, 0.2) is 71.4 Å². The van der Waals surface area contributed by atoms with E-state index in [1.807, 2.05) is 22.7 Å². The minimum absolute atomic E-state index is 1.12. The first-order chi connectivity index (χ1) is 12.4. The van der Waals surface area contributed by atoms with Gasteiger partial charge in [0.2, 0.25) is 0 Å². The summed E-state index contributed by atoms with van der Waals surface area (Å²) in [6.07, 6.45) is 6.82. The van der Waals surface area contributed by atoms with Gasteiger partial charge in [-0.05, 0) is 42.7 Å². The van der Waals surface area contributed by atoms with Gasteiger partial charge in [0.05, 0.1) is 11.4 Å². The Hall–Kier alpha value is -2.36. The molecule has 1 aliphatic carbocycles. The highest BCUT2D eigenvalue weighted by Gasteiger charge is 2.22. The molecule has 122 valence electrons. The van der Waals surface area contributed by atoms with Crippen molar-refractivity contribution in [3.63, 3.8) is 0 Å². The summed E-state index contributed by atoms with van der Waals surface area (Å²) >= 11 is 3.67. The van der Waals surface area contributed by atoms with Crippen LogP contribution in [-0.4, -0.2) is 0 Å². The quantitative estimate of drug-likeness (QED) is 0.368. The Morgan fingerprint density at radius 3 is 2.52 bits per heavy atom. The average molecular weight is 360 g/mol. The third-order valence-electron chi connectivity index (χ3n) is 4.69. The van der Waals surface area contributed by atoms with Crippen LogP contribution in [0, 0.1) is 0 Å². The second-order valence-corrected chi connectivity index (χ2v) is 8.02. The molecule has 0 radical (unpaired) electrons. The standard InChI is InChI=1S/C22H17NS2/c1-2-8-16(9-3-1)23(19-14-24-21-12-6-4-10-17(19)21)20-15-25-22-13-7-5-11-18(20)22/h1-4,6-10,12-15H,5,11H2. The van der Waals surface area contributed by atoms with Crippen LogP contribution < -0.4 is 4.90 Å². The van der Waals surface area contributed by atoms with Gasteiger partial charge >= 0.3 is 0 Å². The first-order valence-corrected chi connectivity index (χ1v) is 10.3. The fourth-order valence-electron chi connectivity index (χ4n) is 3.51. The molecule has 0 fully saturated rings. The average Bonchev–Trinajstić information content (AvgIpc) is 3.29. The molecule has 0 spiro atoms. The summed E-state index contributed by atoms with van der Waals surface area (Å²) < 4.78 is 1.34. The van der Waals surface area contributed by atoms with Crippen LogP contribution in [0.3, 0.4) is 0 Å². The second kappa shape index (κ2) is 6.17. The molecule has 5 rings (SSSR count). The van der Waals surface area contributed by atoms with Crippen molar-refractivity contribution in [2.45, 2.75) is 12.8 Å². The summed E-state index contributed by atoms with van der Waals surface area (Å²) in [6, 6.07) is 19.4. The van der Waals surface area contributed by atoms with Gasteiger partial charge in [0.15, 0.2) is 0 Å². The lowest BCUT2D eigenvalue weighted by atomic mass is 10.0. The van der Waals surface area contributed by atoms with Gasteiger partial charge in [-0.25, -0.2) is 0 Å². The van der Waals surface area contributed by atoms with Crippen LogP contribution in [0.5, 0.6) is 0 Å². The van der Waals surface area contributed by atoms with E-state index in [2.05, 4.69) is 82.4 Å². The van der Waals surface area contributed by atoms with Gasteiger partial charge in [0.25, 0.3) is 0 Å². The molecular formula is C22H17NS2. The Bertz CT molecular complexity index is 1060. The maximum Gasteiger partial charge on any atom is 0.0647 e. The van der Waals surface area contributed by atoms with Crippen LogP contribution in [0.4, 0.5) is 17.1 Å². The molecule has 4 aromatic rings. The molecule has 0 saturated carbocycles. The fraction of sp³-hybridized carbons (Fsp3) is 0.0909.